The number of benzene rings is 1. The molecule has 102 valence electrons. The Labute approximate surface area is 114 Å². The predicted octanol–water partition coefficient (Wildman–Crippen LogP) is 1.22. The van der Waals surface area contributed by atoms with Crippen LogP contribution in [0.1, 0.15) is 22.0 Å². The van der Waals surface area contributed by atoms with Crippen LogP contribution in [0.2, 0.25) is 0 Å². The van der Waals surface area contributed by atoms with Crippen molar-refractivity contribution < 1.29 is 9.90 Å². The van der Waals surface area contributed by atoms with Gasteiger partial charge in [0.15, 0.2) is 5.82 Å². The Bertz CT molecular complexity index is 802. The van der Waals surface area contributed by atoms with Gasteiger partial charge in [0.1, 0.15) is 12.2 Å². The zero-order valence-corrected chi connectivity index (χ0v) is 11.1. The minimum absolute atomic E-state index is 0.247. The molecule has 0 saturated carbocycles. The van der Waals surface area contributed by atoms with Crippen LogP contribution >= 0.6 is 0 Å². The van der Waals surface area contributed by atoms with Crippen molar-refractivity contribution >= 4 is 17.0 Å². The van der Waals surface area contributed by atoms with Crippen molar-refractivity contribution in [2.24, 2.45) is 7.05 Å². The number of carboxylic acid groups (broad SMARTS) is 1. The SMILES string of the molecule is Cc1nc2ccc(C(=O)O)cc2n1Cc1nncn1C. The van der Waals surface area contributed by atoms with E-state index in [-0.39, 0.29) is 5.56 Å². The molecule has 3 aromatic rings. The maximum absolute atomic E-state index is 11.1. The summed E-state index contributed by atoms with van der Waals surface area (Å²) < 4.78 is 3.76. The number of imidazole rings is 1. The highest BCUT2D eigenvalue weighted by Crippen LogP contribution is 2.19. The summed E-state index contributed by atoms with van der Waals surface area (Å²) in [5.74, 6) is 0.648. The van der Waals surface area contributed by atoms with E-state index in [9.17, 15) is 4.79 Å². The highest BCUT2D eigenvalue weighted by Gasteiger charge is 2.12. The van der Waals surface area contributed by atoms with Gasteiger partial charge < -0.3 is 14.2 Å². The molecular formula is C13H13N5O2. The number of rotatable bonds is 3. The first-order valence-electron chi connectivity index (χ1n) is 6.09. The van der Waals surface area contributed by atoms with Gasteiger partial charge in [-0.15, -0.1) is 10.2 Å². The number of aromatic nitrogens is 5. The van der Waals surface area contributed by atoms with Crippen molar-refractivity contribution in [1.82, 2.24) is 24.3 Å². The third kappa shape index (κ3) is 1.93. The van der Waals surface area contributed by atoms with E-state index in [1.54, 1.807) is 24.5 Å². The molecule has 0 unspecified atom stereocenters. The van der Waals surface area contributed by atoms with Crippen LogP contribution in [0.15, 0.2) is 24.5 Å². The van der Waals surface area contributed by atoms with Crippen LogP contribution < -0.4 is 0 Å². The second kappa shape index (κ2) is 4.44. The Morgan fingerprint density at radius 1 is 1.40 bits per heavy atom. The molecule has 0 atom stereocenters. The van der Waals surface area contributed by atoms with Crippen molar-refractivity contribution in [2.45, 2.75) is 13.5 Å². The molecule has 7 nitrogen and oxygen atoms in total. The van der Waals surface area contributed by atoms with Gasteiger partial charge in [-0.2, -0.15) is 0 Å². The normalized spacial score (nSPS) is 11.1. The minimum Gasteiger partial charge on any atom is -0.478 e. The predicted molar refractivity (Wildman–Crippen MR) is 71.5 cm³/mol. The summed E-state index contributed by atoms with van der Waals surface area (Å²) in [4.78, 5) is 15.5. The van der Waals surface area contributed by atoms with Gasteiger partial charge in [0.25, 0.3) is 0 Å². The van der Waals surface area contributed by atoms with Crippen LogP contribution in [0, 0.1) is 6.92 Å². The van der Waals surface area contributed by atoms with Crippen molar-refractivity contribution in [3.8, 4) is 0 Å². The lowest BCUT2D eigenvalue weighted by Gasteiger charge is -2.06. The molecule has 0 radical (unpaired) electrons. The number of carboxylic acids is 1. The maximum Gasteiger partial charge on any atom is 0.335 e. The standard InChI is InChI=1S/C13H13N5O2/c1-8-15-10-4-3-9(13(19)20)5-11(10)18(8)6-12-16-14-7-17(12)2/h3-5,7H,6H2,1-2H3,(H,19,20). The van der Waals surface area contributed by atoms with E-state index in [1.165, 1.54) is 0 Å². The highest BCUT2D eigenvalue weighted by atomic mass is 16.4. The number of nitrogens with zero attached hydrogens (tertiary/aromatic N) is 5. The Morgan fingerprint density at radius 3 is 2.85 bits per heavy atom. The highest BCUT2D eigenvalue weighted by molar-refractivity contribution is 5.92. The third-order valence-electron chi connectivity index (χ3n) is 3.29. The van der Waals surface area contributed by atoms with E-state index >= 15 is 0 Å². The average Bonchev–Trinajstić information content (AvgIpc) is 2.94. The van der Waals surface area contributed by atoms with Gasteiger partial charge in [0, 0.05) is 7.05 Å². The topological polar surface area (TPSA) is 85.8 Å². The number of fused-ring (bicyclic) bond motifs is 1. The van der Waals surface area contributed by atoms with Crippen LogP contribution in [0.25, 0.3) is 11.0 Å². The molecule has 20 heavy (non-hydrogen) atoms. The first-order valence-corrected chi connectivity index (χ1v) is 6.09. The molecule has 0 bridgehead atoms. The van der Waals surface area contributed by atoms with Crippen molar-refractivity contribution in [3.05, 3.63) is 41.7 Å². The van der Waals surface area contributed by atoms with E-state index in [2.05, 4.69) is 15.2 Å². The molecule has 0 aliphatic carbocycles. The smallest absolute Gasteiger partial charge is 0.335 e. The average molecular weight is 271 g/mol. The summed E-state index contributed by atoms with van der Waals surface area (Å²) in [6.07, 6.45) is 1.63. The van der Waals surface area contributed by atoms with E-state index < -0.39 is 5.97 Å². The molecule has 0 amide bonds. The zero-order chi connectivity index (χ0) is 14.3. The molecule has 2 aromatic heterocycles. The van der Waals surface area contributed by atoms with Crippen molar-refractivity contribution in [2.75, 3.05) is 0 Å². The fourth-order valence-corrected chi connectivity index (χ4v) is 2.17. The summed E-state index contributed by atoms with van der Waals surface area (Å²) in [6.45, 7) is 2.39. The Kier molecular flexibility index (Phi) is 2.74. The van der Waals surface area contributed by atoms with Crippen LogP contribution in [-0.2, 0) is 13.6 Å². The molecule has 3 rings (SSSR count). The summed E-state index contributed by atoms with van der Waals surface area (Å²) in [5.41, 5.74) is 1.80. The van der Waals surface area contributed by atoms with Crippen molar-refractivity contribution in [1.29, 1.82) is 0 Å². The molecule has 7 heteroatoms. The fourth-order valence-electron chi connectivity index (χ4n) is 2.17. The molecule has 0 spiro atoms. The van der Waals surface area contributed by atoms with E-state index in [0.717, 1.165) is 22.7 Å². The summed E-state index contributed by atoms with van der Waals surface area (Å²) in [6, 6.07) is 4.91. The van der Waals surface area contributed by atoms with Gasteiger partial charge in [0.05, 0.1) is 23.1 Å². The van der Waals surface area contributed by atoms with Crippen LogP contribution in [0.5, 0.6) is 0 Å². The molecular weight excluding hydrogens is 258 g/mol. The minimum atomic E-state index is -0.948. The molecule has 2 heterocycles. The number of carbonyl (C=O) groups is 1. The summed E-state index contributed by atoms with van der Waals surface area (Å²) in [7, 11) is 1.87. The van der Waals surface area contributed by atoms with Crippen LogP contribution in [-0.4, -0.2) is 35.4 Å². The molecule has 0 saturated heterocycles. The molecule has 1 aromatic carbocycles. The van der Waals surface area contributed by atoms with Gasteiger partial charge in [0.2, 0.25) is 0 Å². The summed E-state index contributed by atoms with van der Waals surface area (Å²) in [5, 5.41) is 17.0. The lowest BCUT2D eigenvalue weighted by molar-refractivity contribution is 0.0697. The van der Waals surface area contributed by atoms with Gasteiger partial charge in [-0.3, -0.25) is 0 Å². The van der Waals surface area contributed by atoms with E-state index in [1.807, 2.05) is 23.1 Å². The molecule has 1 N–H and O–H groups in total. The quantitative estimate of drug-likeness (QED) is 0.774. The third-order valence-corrected chi connectivity index (χ3v) is 3.29. The monoisotopic (exact) mass is 271 g/mol. The molecule has 0 aliphatic rings. The molecule has 0 fully saturated rings. The van der Waals surface area contributed by atoms with Gasteiger partial charge >= 0.3 is 5.97 Å². The Morgan fingerprint density at radius 2 is 2.20 bits per heavy atom. The second-order valence-electron chi connectivity index (χ2n) is 4.61. The second-order valence-corrected chi connectivity index (χ2v) is 4.61. The van der Waals surface area contributed by atoms with Gasteiger partial charge in [-0.1, -0.05) is 0 Å². The van der Waals surface area contributed by atoms with E-state index in [4.69, 9.17) is 5.11 Å². The van der Waals surface area contributed by atoms with Gasteiger partial charge in [-0.05, 0) is 25.1 Å². The fraction of sp³-hybridized carbons (Fsp3) is 0.231. The number of aryl methyl sites for hydroxylation is 2. The maximum atomic E-state index is 11.1. The lowest BCUT2D eigenvalue weighted by Crippen LogP contribution is -2.07. The van der Waals surface area contributed by atoms with Crippen molar-refractivity contribution in [3.63, 3.8) is 0 Å². The molecule has 0 aliphatic heterocycles. The summed E-state index contributed by atoms with van der Waals surface area (Å²) >= 11 is 0. The Balaban J connectivity index is 2.13. The number of hydrogen-bond donors (Lipinski definition) is 1. The van der Waals surface area contributed by atoms with E-state index in [0.29, 0.717) is 6.54 Å². The van der Waals surface area contributed by atoms with Crippen LogP contribution in [0.4, 0.5) is 0 Å². The first-order chi connectivity index (χ1) is 9.56. The largest absolute Gasteiger partial charge is 0.478 e. The van der Waals surface area contributed by atoms with Gasteiger partial charge in [-0.25, -0.2) is 9.78 Å². The Hall–Kier alpha value is -2.70. The lowest BCUT2D eigenvalue weighted by atomic mass is 10.2. The van der Waals surface area contributed by atoms with Crippen LogP contribution in [0.3, 0.4) is 0 Å². The number of hydrogen-bond acceptors (Lipinski definition) is 4. The zero-order valence-electron chi connectivity index (χ0n) is 11.1. The first kappa shape index (κ1) is 12.3. The number of aromatic carboxylic acids is 1.